The quantitative estimate of drug-likeness (QED) is 0.0428. The van der Waals surface area contributed by atoms with Gasteiger partial charge in [0.05, 0.1) is 12.1 Å². The van der Waals surface area contributed by atoms with Gasteiger partial charge in [-0.3, -0.25) is 14.3 Å². The van der Waals surface area contributed by atoms with Crippen LogP contribution in [-0.2, 0) is 4.74 Å². The summed E-state index contributed by atoms with van der Waals surface area (Å²) in [5.41, 5.74) is 1.90. The van der Waals surface area contributed by atoms with Crippen LogP contribution in [0.2, 0.25) is 0 Å². The molecule has 0 aliphatic carbocycles. The zero-order valence-electron chi connectivity index (χ0n) is 41.2. The van der Waals surface area contributed by atoms with E-state index in [1.54, 1.807) is 10.6 Å². The molecule has 8 nitrogen and oxygen atoms in total. The lowest BCUT2D eigenvalue weighted by molar-refractivity contribution is 0.0380. The molecule has 2 aromatic heterocycles. The van der Waals surface area contributed by atoms with Crippen molar-refractivity contribution in [3.05, 3.63) is 70.3 Å². The number of hydrogen-bond acceptors (Lipinski definition) is 7. The van der Waals surface area contributed by atoms with E-state index in [1.165, 1.54) is 144 Å². The number of pyridine rings is 1. The zero-order valence-corrected chi connectivity index (χ0v) is 42.0. The van der Waals surface area contributed by atoms with Crippen molar-refractivity contribution in [3.63, 3.8) is 0 Å². The molecule has 1 amide bonds. The highest BCUT2D eigenvalue weighted by molar-refractivity contribution is 7.17. The van der Waals surface area contributed by atoms with Gasteiger partial charge in [0.15, 0.2) is 6.23 Å². The minimum Gasteiger partial charge on any atom is -0.494 e. The highest BCUT2D eigenvalue weighted by atomic mass is 32.1. The van der Waals surface area contributed by atoms with Crippen molar-refractivity contribution in [1.82, 2.24) is 14.4 Å². The lowest BCUT2D eigenvalue weighted by Crippen LogP contribution is -2.46. The molecule has 362 valence electrons. The smallest absolute Gasteiger partial charge is 0.411 e. The van der Waals surface area contributed by atoms with Gasteiger partial charge < -0.3 is 19.3 Å². The number of thiophene rings is 1. The molecule has 1 aliphatic heterocycles. The van der Waals surface area contributed by atoms with Crippen LogP contribution in [-0.4, -0.2) is 72.9 Å². The highest BCUT2D eigenvalue weighted by Gasteiger charge is 2.21. The molecule has 3 heterocycles. The molecular weight excluding hydrogens is 825 g/mol. The topological polar surface area (TPSA) is 67.2 Å². The zero-order chi connectivity index (χ0) is 45.7. The normalized spacial score (nSPS) is 13.8. The summed E-state index contributed by atoms with van der Waals surface area (Å²) in [6.07, 6.45) is 31.9. The summed E-state index contributed by atoms with van der Waals surface area (Å²) < 4.78 is 15.4. The summed E-state index contributed by atoms with van der Waals surface area (Å²) in [5.74, 6) is 0.729. The van der Waals surface area contributed by atoms with Crippen LogP contribution in [0.5, 0.6) is 5.75 Å². The number of piperazine rings is 1. The molecule has 1 atom stereocenters. The predicted octanol–water partition coefficient (Wildman–Crippen LogP) is 15.6. The molecule has 1 saturated heterocycles. The number of aromatic nitrogens is 1. The van der Waals surface area contributed by atoms with Crippen molar-refractivity contribution in [2.24, 2.45) is 0 Å². The van der Waals surface area contributed by atoms with Gasteiger partial charge in [0, 0.05) is 67.2 Å². The van der Waals surface area contributed by atoms with Crippen LogP contribution in [0, 0.1) is 0 Å². The second-order valence-electron chi connectivity index (χ2n) is 19.0. The Balaban J connectivity index is 1.06. The van der Waals surface area contributed by atoms with Crippen molar-refractivity contribution in [2.75, 3.05) is 57.3 Å². The van der Waals surface area contributed by atoms with Crippen LogP contribution in [0.4, 0.5) is 10.5 Å². The number of rotatable bonds is 35. The van der Waals surface area contributed by atoms with Gasteiger partial charge in [-0.15, -0.1) is 11.3 Å². The highest BCUT2D eigenvalue weighted by Crippen LogP contribution is 2.31. The van der Waals surface area contributed by atoms with E-state index in [0.29, 0.717) is 19.7 Å². The van der Waals surface area contributed by atoms with E-state index in [4.69, 9.17) is 9.47 Å². The van der Waals surface area contributed by atoms with Crippen molar-refractivity contribution < 1.29 is 14.3 Å². The number of hydrogen-bond donors (Lipinski definition) is 0. The Hall–Kier alpha value is -3.56. The fourth-order valence-corrected chi connectivity index (χ4v) is 10.5. The first-order chi connectivity index (χ1) is 32.0. The Morgan fingerprint density at radius 2 is 1.20 bits per heavy atom. The minimum absolute atomic E-state index is 0.185. The largest absolute Gasteiger partial charge is 0.494 e. The summed E-state index contributed by atoms with van der Waals surface area (Å²) in [6, 6.07) is 18.2. The monoisotopic (exact) mass is 913 g/mol. The predicted molar refractivity (Wildman–Crippen MR) is 278 cm³/mol. The third kappa shape index (κ3) is 18.9. The second-order valence-corrected chi connectivity index (χ2v) is 20.0. The molecule has 1 fully saturated rings. The molecule has 1 unspecified atom stereocenters. The number of benzene rings is 2. The lowest BCUT2D eigenvalue weighted by Gasteiger charge is -2.36. The van der Waals surface area contributed by atoms with E-state index in [2.05, 4.69) is 53.3 Å². The number of unbranched alkanes of at least 4 members (excludes halogenated alkanes) is 23. The summed E-state index contributed by atoms with van der Waals surface area (Å²) in [7, 11) is 0. The van der Waals surface area contributed by atoms with E-state index in [1.807, 2.05) is 47.4 Å². The Morgan fingerprint density at radius 1 is 0.646 bits per heavy atom. The van der Waals surface area contributed by atoms with Gasteiger partial charge in [0.25, 0.3) is 5.56 Å². The molecule has 0 saturated carbocycles. The molecule has 0 radical (unpaired) electrons. The first-order valence-corrected chi connectivity index (χ1v) is 27.5. The van der Waals surface area contributed by atoms with Gasteiger partial charge in [0.2, 0.25) is 0 Å². The van der Waals surface area contributed by atoms with Crippen LogP contribution >= 0.6 is 11.3 Å². The van der Waals surface area contributed by atoms with Gasteiger partial charge in [-0.05, 0) is 86.3 Å². The molecule has 9 heteroatoms. The fourth-order valence-electron chi connectivity index (χ4n) is 9.65. The van der Waals surface area contributed by atoms with Crippen LogP contribution < -0.4 is 15.2 Å². The number of carbonyl (C=O) groups is 1. The number of fused-ring (bicyclic) bond motifs is 2. The van der Waals surface area contributed by atoms with E-state index < -0.39 is 6.23 Å². The Labute approximate surface area is 398 Å². The lowest BCUT2D eigenvalue weighted by atomic mass is 10.0. The maximum absolute atomic E-state index is 13.9. The number of carbonyl (C=O) groups excluding carboxylic acids is 1. The van der Waals surface area contributed by atoms with Crippen LogP contribution in [0.1, 0.15) is 194 Å². The summed E-state index contributed by atoms with van der Waals surface area (Å²) in [4.78, 5) is 34.4. The number of ether oxygens (including phenoxy) is 2. The molecule has 4 aromatic rings. The first-order valence-electron chi connectivity index (χ1n) is 26.7. The fraction of sp³-hybridized carbons (Fsp3) is 0.679. The molecule has 5 rings (SSSR count). The van der Waals surface area contributed by atoms with Gasteiger partial charge in [0.1, 0.15) is 5.75 Å². The summed E-state index contributed by atoms with van der Waals surface area (Å²) in [6.45, 7) is 13.7. The molecule has 0 N–H and O–H groups in total. The minimum atomic E-state index is -0.751. The van der Waals surface area contributed by atoms with Crippen molar-refractivity contribution in [2.45, 2.75) is 194 Å². The van der Waals surface area contributed by atoms with E-state index in [0.717, 1.165) is 87.9 Å². The average molecular weight is 913 g/mol. The second kappa shape index (κ2) is 31.4. The third-order valence-corrected chi connectivity index (χ3v) is 14.6. The standard InChI is InChI=1S/C56H88N4O4S/c1-4-6-8-10-12-14-16-18-20-22-24-26-39-59(40-27-25-23-21-19-17-15-13-11-9-7-5-2)56(62)64-48(3)60-53-47-50(35-33-49(53)34-36-55(60)61)63-45-29-28-38-57-41-43-58(44-42-57)52-31-30-32-54-51(52)37-46-65-54/h30-37,46-48H,4-29,38-45H2,1-3H3. The first kappa shape index (κ1) is 52.4. The number of anilines is 1. The van der Waals surface area contributed by atoms with Crippen LogP contribution in [0.15, 0.2) is 64.8 Å². The molecule has 0 bridgehead atoms. The summed E-state index contributed by atoms with van der Waals surface area (Å²) >= 11 is 1.81. The van der Waals surface area contributed by atoms with Gasteiger partial charge in [-0.2, -0.15) is 0 Å². The molecular formula is C56H88N4O4S. The van der Waals surface area contributed by atoms with Crippen molar-refractivity contribution in [3.8, 4) is 5.75 Å². The Kier molecular flexibility index (Phi) is 25.3. The molecule has 1 aliphatic rings. The summed E-state index contributed by atoms with van der Waals surface area (Å²) in [5, 5.41) is 4.48. The van der Waals surface area contributed by atoms with E-state index in [9.17, 15) is 9.59 Å². The Morgan fingerprint density at radius 3 is 1.78 bits per heavy atom. The molecule has 2 aromatic carbocycles. The number of amides is 1. The van der Waals surface area contributed by atoms with Crippen molar-refractivity contribution >= 4 is 44.1 Å². The van der Waals surface area contributed by atoms with Crippen LogP contribution in [0.3, 0.4) is 0 Å². The van der Waals surface area contributed by atoms with E-state index in [-0.39, 0.29) is 11.7 Å². The molecule has 0 spiro atoms. The maximum atomic E-state index is 13.9. The van der Waals surface area contributed by atoms with Gasteiger partial charge >= 0.3 is 6.09 Å². The average Bonchev–Trinajstić information content (AvgIpc) is 3.81. The van der Waals surface area contributed by atoms with E-state index >= 15 is 0 Å². The Bertz CT molecular complexity index is 1910. The number of nitrogens with zero attached hydrogens (tertiary/aromatic N) is 4. The van der Waals surface area contributed by atoms with Gasteiger partial charge in [-0.1, -0.05) is 161 Å². The van der Waals surface area contributed by atoms with Crippen molar-refractivity contribution in [1.29, 1.82) is 0 Å². The van der Waals surface area contributed by atoms with Crippen LogP contribution in [0.25, 0.3) is 21.0 Å². The van der Waals surface area contributed by atoms with Gasteiger partial charge in [-0.25, -0.2) is 4.79 Å². The SMILES string of the molecule is CCCCCCCCCCCCCCN(CCCCCCCCCCCCCC)C(=O)OC(C)n1c(=O)ccc2ccc(OCCCCN3CCN(c4cccc5sccc45)CC3)cc21. The maximum Gasteiger partial charge on any atom is 0.411 e. The third-order valence-electron chi connectivity index (χ3n) is 13.7. The molecule has 65 heavy (non-hydrogen) atoms.